The van der Waals surface area contributed by atoms with Crippen molar-refractivity contribution >= 4 is 39.2 Å². The van der Waals surface area contributed by atoms with Crippen molar-refractivity contribution in [3.8, 4) is 6.07 Å². The number of esters is 1. The van der Waals surface area contributed by atoms with E-state index in [1.165, 1.54) is 23.1 Å². The fourth-order valence-electron chi connectivity index (χ4n) is 3.52. The highest BCUT2D eigenvalue weighted by Gasteiger charge is 2.25. The number of nitriles is 1. The standard InChI is InChI=1S/C22H20N2O4S/c1-13(27-22(26)18-11-14-7-5-6-9-17(14)28-18)20(25)24-21-16(12-23)15-8-3-2-4-10-19(15)29-21/h5-7,9,11,13H,2-4,8,10H2,1H3,(H,24,25)/t13-/m1/s1. The van der Waals surface area contributed by atoms with Crippen LogP contribution in [0.4, 0.5) is 5.00 Å². The number of benzene rings is 1. The number of nitrogens with zero attached hydrogens (tertiary/aromatic N) is 1. The van der Waals surface area contributed by atoms with Crippen LogP contribution < -0.4 is 5.32 Å². The Labute approximate surface area is 172 Å². The van der Waals surface area contributed by atoms with Gasteiger partial charge in [0.1, 0.15) is 16.7 Å². The average molecular weight is 408 g/mol. The zero-order chi connectivity index (χ0) is 20.4. The lowest BCUT2D eigenvalue weighted by Crippen LogP contribution is -2.29. The maximum atomic E-state index is 12.6. The zero-order valence-electron chi connectivity index (χ0n) is 16.0. The molecule has 0 spiro atoms. The Kier molecular flexibility index (Phi) is 5.36. The quantitative estimate of drug-likeness (QED) is 0.494. The van der Waals surface area contributed by atoms with Crippen LogP contribution in [0, 0.1) is 11.3 Å². The summed E-state index contributed by atoms with van der Waals surface area (Å²) in [6.45, 7) is 1.50. The third-order valence-electron chi connectivity index (χ3n) is 5.05. The second kappa shape index (κ2) is 8.10. The molecule has 0 aliphatic heterocycles. The first kappa shape index (κ1) is 19.2. The second-order valence-corrected chi connectivity index (χ2v) is 8.17. The van der Waals surface area contributed by atoms with E-state index in [1.54, 1.807) is 12.1 Å². The molecule has 3 aromatic rings. The largest absolute Gasteiger partial charge is 0.449 e. The van der Waals surface area contributed by atoms with E-state index in [-0.39, 0.29) is 5.76 Å². The molecule has 148 valence electrons. The molecule has 0 saturated carbocycles. The SMILES string of the molecule is C[C@@H](OC(=O)c1cc2ccccc2o1)C(=O)Nc1sc2c(c1C#N)CCCCC2. The van der Waals surface area contributed by atoms with E-state index in [4.69, 9.17) is 9.15 Å². The summed E-state index contributed by atoms with van der Waals surface area (Å²) in [4.78, 5) is 26.1. The summed E-state index contributed by atoms with van der Waals surface area (Å²) in [6.07, 6.45) is 4.07. The summed E-state index contributed by atoms with van der Waals surface area (Å²) in [7, 11) is 0. The summed E-state index contributed by atoms with van der Waals surface area (Å²) in [6, 6.07) is 11.1. The summed E-state index contributed by atoms with van der Waals surface area (Å²) in [5, 5.41) is 13.7. The fraction of sp³-hybridized carbons (Fsp3) is 0.318. The summed E-state index contributed by atoms with van der Waals surface area (Å²) in [5.74, 6) is -1.12. The minimum Gasteiger partial charge on any atom is -0.449 e. The van der Waals surface area contributed by atoms with E-state index in [2.05, 4.69) is 11.4 Å². The minimum atomic E-state index is -1.02. The number of thiophene rings is 1. The summed E-state index contributed by atoms with van der Waals surface area (Å²) < 4.78 is 10.8. The van der Waals surface area contributed by atoms with E-state index >= 15 is 0 Å². The van der Waals surface area contributed by atoms with Crippen molar-refractivity contribution in [3.63, 3.8) is 0 Å². The summed E-state index contributed by atoms with van der Waals surface area (Å²) in [5.41, 5.74) is 2.17. The second-order valence-electron chi connectivity index (χ2n) is 7.07. The Morgan fingerprint density at radius 1 is 1.24 bits per heavy atom. The number of fused-ring (bicyclic) bond motifs is 2. The van der Waals surface area contributed by atoms with E-state index in [1.807, 2.05) is 18.2 Å². The molecule has 1 aromatic carbocycles. The van der Waals surface area contributed by atoms with Crippen molar-refractivity contribution in [2.45, 2.75) is 45.1 Å². The molecule has 2 heterocycles. The van der Waals surface area contributed by atoms with Gasteiger partial charge >= 0.3 is 5.97 Å². The lowest BCUT2D eigenvalue weighted by atomic mass is 10.1. The number of rotatable bonds is 4. The monoisotopic (exact) mass is 408 g/mol. The Morgan fingerprint density at radius 3 is 2.83 bits per heavy atom. The molecule has 7 heteroatoms. The highest BCUT2D eigenvalue weighted by molar-refractivity contribution is 7.16. The predicted molar refractivity (Wildman–Crippen MR) is 110 cm³/mol. The Morgan fingerprint density at radius 2 is 2.03 bits per heavy atom. The van der Waals surface area contributed by atoms with Gasteiger partial charge in [0.05, 0.1) is 5.56 Å². The van der Waals surface area contributed by atoms with Gasteiger partial charge in [0.15, 0.2) is 6.10 Å². The first-order chi connectivity index (χ1) is 14.1. The molecule has 0 fully saturated rings. The number of carbonyl (C=O) groups is 2. The molecular formula is C22H20N2O4S. The topological polar surface area (TPSA) is 92.3 Å². The number of nitrogens with one attached hydrogen (secondary N) is 1. The lowest BCUT2D eigenvalue weighted by molar-refractivity contribution is -0.123. The van der Waals surface area contributed by atoms with Crippen LogP contribution in [-0.2, 0) is 22.4 Å². The molecule has 2 aromatic heterocycles. The number of hydrogen-bond donors (Lipinski definition) is 1. The van der Waals surface area contributed by atoms with Crippen LogP contribution in [0.2, 0.25) is 0 Å². The number of aryl methyl sites for hydroxylation is 1. The predicted octanol–water partition coefficient (Wildman–Crippen LogP) is 4.82. The van der Waals surface area contributed by atoms with Crippen molar-refractivity contribution in [3.05, 3.63) is 52.1 Å². The number of amides is 1. The van der Waals surface area contributed by atoms with Crippen molar-refractivity contribution in [2.24, 2.45) is 0 Å². The first-order valence-electron chi connectivity index (χ1n) is 9.62. The van der Waals surface area contributed by atoms with Gasteiger partial charge in [-0.05, 0) is 50.3 Å². The number of furan rings is 1. The van der Waals surface area contributed by atoms with Gasteiger partial charge in [0, 0.05) is 10.3 Å². The molecule has 1 N–H and O–H groups in total. The van der Waals surface area contributed by atoms with Gasteiger partial charge < -0.3 is 14.5 Å². The van der Waals surface area contributed by atoms with E-state index in [0.29, 0.717) is 16.1 Å². The van der Waals surface area contributed by atoms with Crippen LogP contribution in [0.15, 0.2) is 34.7 Å². The lowest BCUT2D eigenvalue weighted by Gasteiger charge is -2.12. The van der Waals surface area contributed by atoms with Crippen molar-refractivity contribution in [1.82, 2.24) is 0 Å². The van der Waals surface area contributed by atoms with Crippen LogP contribution in [0.3, 0.4) is 0 Å². The van der Waals surface area contributed by atoms with Gasteiger partial charge in [0.2, 0.25) is 5.76 Å². The van der Waals surface area contributed by atoms with E-state index in [9.17, 15) is 14.9 Å². The molecule has 0 radical (unpaired) electrons. The summed E-state index contributed by atoms with van der Waals surface area (Å²) >= 11 is 1.45. The minimum absolute atomic E-state index is 0.0476. The Balaban J connectivity index is 1.46. The van der Waals surface area contributed by atoms with Crippen LogP contribution >= 0.6 is 11.3 Å². The van der Waals surface area contributed by atoms with E-state index < -0.39 is 18.0 Å². The highest BCUT2D eigenvalue weighted by Crippen LogP contribution is 2.37. The molecule has 0 bridgehead atoms. The van der Waals surface area contributed by atoms with Crippen molar-refractivity contribution in [2.75, 3.05) is 5.32 Å². The van der Waals surface area contributed by atoms with Crippen LogP contribution in [0.5, 0.6) is 0 Å². The van der Waals surface area contributed by atoms with Gasteiger partial charge in [-0.25, -0.2) is 4.79 Å². The number of hydrogen-bond acceptors (Lipinski definition) is 6. The average Bonchev–Trinajstić information content (AvgIpc) is 3.21. The third kappa shape index (κ3) is 3.89. The fourth-order valence-corrected chi connectivity index (χ4v) is 4.76. The van der Waals surface area contributed by atoms with Gasteiger partial charge in [-0.3, -0.25) is 4.79 Å². The molecule has 1 amide bonds. The number of anilines is 1. The van der Waals surface area contributed by atoms with Gasteiger partial charge in [0.25, 0.3) is 5.91 Å². The first-order valence-corrected chi connectivity index (χ1v) is 10.4. The molecule has 0 unspecified atom stereocenters. The third-order valence-corrected chi connectivity index (χ3v) is 6.26. The maximum absolute atomic E-state index is 12.6. The number of para-hydroxylation sites is 1. The highest BCUT2D eigenvalue weighted by atomic mass is 32.1. The molecule has 29 heavy (non-hydrogen) atoms. The molecule has 1 aliphatic carbocycles. The smallest absolute Gasteiger partial charge is 0.375 e. The molecule has 1 atom stereocenters. The molecule has 1 aliphatic rings. The number of ether oxygens (including phenoxy) is 1. The molecule has 6 nitrogen and oxygen atoms in total. The van der Waals surface area contributed by atoms with Gasteiger partial charge in [-0.15, -0.1) is 11.3 Å². The molecule has 0 saturated heterocycles. The van der Waals surface area contributed by atoms with Gasteiger partial charge in [-0.1, -0.05) is 24.6 Å². The maximum Gasteiger partial charge on any atom is 0.375 e. The van der Waals surface area contributed by atoms with Gasteiger partial charge in [-0.2, -0.15) is 5.26 Å². The van der Waals surface area contributed by atoms with Crippen LogP contribution in [0.25, 0.3) is 11.0 Å². The van der Waals surface area contributed by atoms with Crippen molar-refractivity contribution in [1.29, 1.82) is 5.26 Å². The van der Waals surface area contributed by atoms with Crippen LogP contribution in [0.1, 0.15) is 52.7 Å². The Hall–Kier alpha value is -3.11. The Bertz CT molecular complexity index is 1090. The molecular weight excluding hydrogens is 388 g/mol. The normalized spacial score (nSPS) is 14.5. The van der Waals surface area contributed by atoms with E-state index in [0.717, 1.165) is 43.1 Å². The zero-order valence-corrected chi connectivity index (χ0v) is 16.8. The van der Waals surface area contributed by atoms with Crippen molar-refractivity contribution < 1.29 is 18.7 Å². The molecule has 4 rings (SSSR count). The van der Waals surface area contributed by atoms with Crippen LogP contribution in [-0.4, -0.2) is 18.0 Å². The number of carbonyl (C=O) groups excluding carboxylic acids is 2.